The molecule has 25 heavy (non-hydrogen) atoms. The predicted molar refractivity (Wildman–Crippen MR) is 87.9 cm³/mol. The lowest BCUT2D eigenvalue weighted by atomic mass is 9.83. The van der Waals surface area contributed by atoms with Gasteiger partial charge in [-0.15, -0.1) is 0 Å². The summed E-state index contributed by atoms with van der Waals surface area (Å²) in [6, 6.07) is 7.82. The smallest absolute Gasteiger partial charge is 0.336 e. The molecule has 0 amide bonds. The van der Waals surface area contributed by atoms with Crippen molar-refractivity contribution in [2.24, 2.45) is 23.7 Å². The molecule has 0 spiro atoms. The van der Waals surface area contributed by atoms with Gasteiger partial charge in [-0.05, 0) is 36.5 Å². The van der Waals surface area contributed by atoms with Gasteiger partial charge in [-0.1, -0.05) is 12.2 Å². The van der Waals surface area contributed by atoms with Crippen LogP contribution in [0.5, 0.6) is 5.75 Å². The van der Waals surface area contributed by atoms with E-state index in [1.54, 1.807) is 18.2 Å². The van der Waals surface area contributed by atoms with Crippen LogP contribution in [0.25, 0.3) is 11.0 Å². The fraction of sp³-hybridized carbons (Fsp3) is 0.316. The molecular formula is C19H16O6. The number of hydrogen-bond acceptors (Lipinski definition) is 6. The maximum Gasteiger partial charge on any atom is 0.336 e. The van der Waals surface area contributed by atoms with E-state index in [-0.39, 0.29) is 23.6 Å². The molecule has 6 nitrogen and oxygen atoms in total. The van der Waals surface area contributed by atoms with Crippen molar-refractivity contribution in [2.75, 3.05) is 7.11 Å². The van der Waals surface area contributed by atoms with Gasteiger partial charge in [0.2, 0.25) is 0 Å². The Balaban J connectivity index is 1.60. The van der Waals surface area contributed by atoms with E-state index in [0.29, 0.717) is 5.58 Å². The first-order valence-electron chi connectivity index (χ1n) is 8.08. The largest absolute Gasteiger partial charge is 0.469 e. The minimum absolute atomic E-state index is 0.0139. The molecule has 0 unspecified atom stereocenters. The van der Waals surface area contributed by atoms with Gasteiger partial charge in [-0.25, -0.2) is 4.79 Å². The second kappa shape index (κ2) is 5.88. The third kappa shape index (κ3) is 2.63. The van der Waals surface area contributed by atoms with Crippen molar-refractivity contribution in [3.05, 3.63) is 52.9 Å². The highest BCUT2D eigenvalue weighted by Gasteiger charge is 2.53. The molecule has 4 atom stereocenters. The van der Waals surface area contributed by atoms with Crippen LogP contribution in [0.15, 0.2) is 51.7 Å². The fourth-order valence-electron chi connectivity index (χ4n) is 3.89. The summed E-state index contributed by atoms with van der Waals surface area (Å²) >= 11 is 0. The summed E-state index contributed by atoms with van der Waals surface area (Å²) in [5.41, 5.74) is -0.130. The monoisotopic (exact) mass is 340 g/mol. The zero-order valence-electron chi connectivity index (χ0n) is 13.5. The van der Waals surface area contributed by atoms with Crippen molar-refractivity contribution in [3.63, 3.8) is 0 Å². The fourth-order valence-corrected chi connectivity index (χ4v) is 3.89. The van der Waals surface area contributed by atoms with Gasteiger partial charge in [0, 0.05) is 17.5 Å². The first kappa shape index (κ1) is 15.6. The van der Waals surface area contributed by atoms with E-state index in [0.717, 1.165) is 11.8 Å². The SMILES string of the molecule is COC(=O)[C@H]1[C@H](C(=O)Oc2ccc3ccc(=O)oc3c2)[C@H]2C=C[C@@H]1C2. The zero-order valence-corrected chi connectivity index (χ0v) is 13.5. The molecular weight excluding hydrogens is 324 g/mol. The number of ether oxygens (including phenoxy) is 2. The Morgan fingerprint density at radius 1 is 1.04 bits per heavy atom. The highest BCUT2D eigenvalue weighted by molar-refractivity contribution is 5.86. The van der Waals surface area contributed by atoms with Gasteiger partial charge < -0.3 is 13.9 Å². The molecule has 1 aromatic carbocycles. The van der Waals surface area contributed by atoms with Crippen molar-refractivity contribution in [1.29, 1.82) is 0 Å². The molecule has 1 saturated carbocycles. The van der Waals surface area contributed by atoms with Gasteiger partial charge in [0.05, 0.1) is 18.9 Å². The summed E-state index contributed by atoms with van der Waals surface area (Å²) in [5.74, 6) is -1.63. The van der Waals surface area contributed by atoms with Gasteiger partial charge >= 0.3 is 17.6 Å². The number of allylic oxidation sites excluding steroid dienone is 2. The lowest BCUT2D eigenvalue weighted by molar-refractivity contribution is -0.155. The molecule has 128 valence electrons. The quantitative estimate of drug-likeness (QED) is 0.369. The summed E-state index contributed by atoms with van der Waals surface area (Å²) in [5, 5.41) is 0.731. The number of fused-ring (bicyclic) bond motifs is 3. The summed E-state index contributed by atoms with van der Waals surface area (Å²) in [7, 11) is 1.33. The van der Waals surface area contributed by atoms with Crippen molar-refractivity contribution in [2.45, 2.75) is 6.42 Å². The van der Waals surface area contributed by atoms with Crippen LogP contribution >= 0.6 is 0 Å². The molecule has 1 fully saturated rings. The molecule has 0 aliphatic heterocycles. The molecule has 1 aromatic heterocycles. The number of carbonyl (C=O) groups excluding carboxylic acids is 2. The first-order chi connectivity index (χ1) is 12.1. The molecule has 2 aliphatic carbocycles. The van der Waals surface area contributed by atoms with Crippen molar-refractivity contribution < 1.29 is 23.5 Å². The summed E-state index contributed by atoms with van der Waals surface area (Å²) in [6.07, 6.45) is 4.70. The zero-order chi connectivity index (χ0) is 17.6. The lowest BCUT2D eigenvalue weighted by Crippen LogP contribution is -2.36. The second-order valence-corrected chi connectivity index (χ2v) is 6.40. The first-order valence-corrected chi connectivity index (χ1v) is 8.08. The van der Waals surface area contributed by atoms with Gasteiger partial charge in [-0.3, -0.25) is 9.59 Å². The van der Waals surface area contributed by atoms with Crippen LogP contribution in [-0.4, -0.2) is 19.0 Å². The Kier molecular flexibility index (Phi) is 3.67. The summed E-state index contributed by atoms with van der Waals surface area (Å²) < 4.78 is 15.4. The molecule has 2 aromatic rings. The van der Waals surface area contributed by atoms with Gasteiger partial charge in [-0.2, -0.15) is 0 Å². The van der Waals surface area contributed by atoms with Crippen molar-refractivity contribution >= 4 is 22.9 Å². The standard InChI is InChI=1S/C19H16O6/c1-23-18(21)16-11-2-3-12(8-11)17(16)19(22)24-13-6-4-10-5-7-15(20)25-14(10)9-13/h2-7,9,11-12,16-17H,8H2,1H3/t11-,12+,16-,17-/m1/s1. The van der Waals surface area contributed by atoms with Crippen LogP contribution < -0.4 is 10.4 Å². The summed E-state index contributed by atoms with van der Waals surface area (Å²) in [6.45, 7) is 0. The predicted octanol–water partition coefficient (Wildman–Crippen LogP) is 2.31. The van der Waals surface area contributed by atoms with Crippen LogP contribution in [0.2, 0.25) is 0 Å². The highest BCUT2D eigenvalue weighted by atomic mass is 16.5. The molecule has 2 bridgehead atoms. The third-order valence-electron chi connectivity index (χ3n) is 5.02. The van der Waals surface area contributed by atoms with Gasteiger partial charge in [0.15, 0.2) is 0 Å². The van der Waals surface area contributed by atoms with Crippen LogP contribution in [0.4, 0.5) is 0 Å². The van der Waals surface area contributed by atoms with E-state index in [1.807, 2.05) is 12.2 Å². The number of hydrogen-bond donors (Lipinski definition) is 0. The van der Waals surface area contributed by atoms with Crippen LogP contribution in [0, 0.1) is 23.7 Å². The van der Waals surface area contributed by atoms with Crippen molar-refractivity contribution in [3.8, 4) is 5.75 Å². The minimum Gasteiger partial charge on any atom is -0.469 e. The van der Waals surface area contributed by atoms with Crippen molar-refractivity contribution in [1.82, 2.24) is 0 Å². The number of esters is 2. The average Bonchev–Trinajstić information content (AvgIpc) is 3.22. The molecule has 0 saturated heterocycles. The Bertz CT molecular complexity index is 940. The molecule has 0 N–H and O–H groups in total. The van der Waals surface area contributed by atoms with E-state index < -0.39 is 23.4 Å². The highest BCUT2D eigenvalue weighted by Crippen LogP contribution is 2.49. The maximum absolute atomic E-state index is 12.7. The van der Waals surface area contributed by atoms with E-state index >= 15 is 0 Å². The molecule has 4 rings (SSSR count). The third-order valence-corrected chi connectivity index (χ3v) is 5.02. The van der Waals surface area contributed by atoms with Crippen LogP contribution in [0.3, 0.4) is 0 Å². The van der Waals surface area contributed by atoms with Gasteiger partial charge in [0.25, 0.3) is 0 Å². The number of rotatable bonds is 3. The Morgan fingerprint density at radius 3 is 2.44 bits per heavy atom. The average molecular weight is 340 g/mol. The topological polar surface area (TPSA) is 82.8 Å². The molecule has 1 heterocycles. The van der Waals surface area contributed by atoms with Crippen LogP contribution in [-0.2, 0) is 14.3 Å². The van der Waals surface area contributed by atoms with E-state index in [4.69, 9.17) is 13.9 Å². The molecule has 6 heteroatoms. The van der Waals surface area contributed by atoms with E-state index in [9.17, 15) is 14.4 Å². The number of benzene rings is 1. The Hall–Kier alpha value is -2.89. The molecule has 2 aliphatic rings. The Morgan fingerprint density at radius 2 is 1.72 bits per heavy atom. The lowest BCUT2D eigenvalue weighted by Gasteiger charge is -2.24. The Labute approximate surface area is 143 Å². The minimum atomic E-state index is -0.555. The number of methoxy groups -OCH3 is 1. The maximum atomic E-state index is 12.7. The van der Waals surface area contributed by atoms with E-state index in [2.05, 4.69) is 0 Å². The summed E-state index contributed by atoms with van der Waals surface area (Å²) in [4.78, 5) is 36.1. The second-order valence-electron chi connectivity index (χ2n) is 6.40. The van der Waals surface area contributed by atoms with E-state index in [1.165, 1.54) is 19.2 Å². The normalized spacial score (nSPS) is 26.8. The molecule has 0 radical (unpaired) electrons. The van der Waals surface area contributed by atoms with Crippen LogP contribution in [0.1, 0.15) is 6.42 Å². The van der Waals surface area contributed by atoms with Gasteiger partial charge in [0.1, 0.15) is 11.3 Å². The number of carbonyl (C=O) groups is 2.